The van der Waals surface area contributed by atoms with Crippen molar-refractivity contribution in [3.05, 3.63) is 42.1 Å². The van der Waals surface area contributed by atoms with E-state index in [4.69, 9.17) is 21.5 Å². The maximum Gasteiger partial charge on any atom is 0.238 e. The molecule has 5 nitrogen and oxygen atoms in total. The zero-order valence-corrected chi connectivity index (χ0v) is 12.3. The Hall–Kier alpha value is -1.63. The molecule has 0 aliphatic heterocycles. The summed E-state index contributed by atoms with van der Waals surface area (Å²) < 4.78 is 28.8. The first kappa shape index (κ1) is 14.8. The maximum absolute atomic E-state index is 11.6. The number of hydrogen-bond donors (Lipinski definition) is 1. The van der Waals surface area contributed by atoms with Gasteiger partial charge in [-0.05, 0) is 31.2 Å². The van der Waals surface area contributed by atoms with Crippen molar-refractivity contribution < 1.29 is 13.2 Å². The number of nitrogens with two attached hydrogens (primary N) is 1. The van der Waals surface area contributed by atoms with E-state index >= 15 is 0 Å². The third-order valence-electron chi connectivity index (χ3n) is 2.70. The number of hydrogen-bond acceptors (Lipinski definition) is 4. The van der Waals surface area contributed by atoms with Crippen LogP contribution in [0.25, 0.3) is 10.9 Å². The van der Waals surface area contributed by atoms with Gasteiger partial charge in [0.2, 0.25) is 10.0 Å². The standard InChI is InChI=1S/C13H13ClN2O3S/c1-3-8(2)19-10-5-6-11(20(15,17)18)9-4-7-12(14)16-13(9)10/h3-8H,1H2,2H3,(H2,15,17,18). The summed E-state index contributed by atoms with van der Waals surface area (Å²) in [6.45, 7) is 5.43. The minimum Gasteiger partial charge on any atom is -0.484 e. The molecule has 106 valence electrons. The minimum atomic E-state index is -3.85. The van der Waals surface area contributed by atoms with Crippen LogP contribution in [0.15, 0.2) is 41.8 Å². The van der Waals surface area contributed by atoms with Gasteiger partial charge in [-0.1, -0.05) is 24.3 Å². The van der Waals surface area contributed by atoms with E-state index in [9.17, 15) is 8.42 Å². The predicted octanol–water partition coefficient (Wildman–Crippen LogP) is 2.49. The van der Waals surface area contributed by atoms with Crippen molar-refractivity contribution in [1.82, 2.24) is 4.98 Å². The van der Waals surface area contributed by atoms with Gasteiger partial charge in [-0.15, -0.1) is 0 Å². The van der Waals surface area contributed by atoms with Crippen molar-refractivity contribution in [2.24, 2.45) is 5.14 Å². The van der Waals surface area contributed by atoms with Crippen LogP contribution in [-0.2, 0) is 10.0 Å². The molecule has 1 unspecified atom stereocenters. The van der Waals surface area contributed by atoms with E-state index in [-0.39, 0.29) is 16.2 Å². The monoisotopic (exact) mass is 312 g/mol. The Bertz CT molecular complexity index is 775. The van der Waals surface area contributed by atoms with Gasteiger partial charge in [0.05, 0.1) is 4.90 Å². The summed E-state index contributed by atoms with van der Waals surface area (Å²) >= 11 is 5.86. The van der Waals surface area contributed by atoms with Gasteiger partial charge in [0.25, 0.3) is 0 Å². The molecule has 2 aromatic rings. The Kier molecular flexibility index (Phi) is 3.99. The van der Waals surface area contributed by atoms with E-state index in [1.165, 1.54) is 18.2 Å². The SMILES string of the molecule is C=CC(C)Oc1ccc(S(N)(=O)=O)c2ccc(Cl)nc12. The summed E-state index contributed by atoms with van der Waals surface area (Å²) in [4.78, 5) is 4.10. The molecule has 0 bridgehead atoms. The number of halogens is 1. The molecule has 1 aromatic carbocycles. The van der Waals surface area contributed by atoms with E-state index in [1.807, 2.05) is 0 Å². The van der Waals surface area contributed by atoms with E-state index in [1.54, 1.807) is 19.1 Å². The molecule has 0 amide bonds. The first-order valence-corrected chi connectivity index (χ1v) is 7.66. The van der Waals surface area contributed by atoms with E-state index < -0.39 is 10.0 Å². The highest BCUT2D eigenvalue weighted by Gasteiger charge is 2.17. The highest BCUT2D eigenvalue weighted by atomic mass is 35.5. The van der Waals surface area contributed by atoms with Gasteiger partial charge in [0.1, 0.15) is 22.5 Å². The highest BCUT2D eigenvalue weighted by molar-refractivity contribution is 7.89. The van der Waals surface area contributed by atoms with Crippen molar-refractivity contribution in [2.45, 2.75) is 17.9 Å². The zero-order valence-electron chi connectivity index (χ0n) is 10.7. The van der Waals surface area contributed by atoms with Crippen molar-refractivity contribution in [3.63, 3.8) is 0 Å². The molecule has 2 N–H and O–H groups in total. The van der Waals surface area contributed by atoms with Gasteiger partial charge in [-0.25, -0.2) is 18.5 Å². The van der Waals surface area contributed by atoms with Crippen molar-refractivity contribution in [1.29, 1.82) is 0 Å². The number of ether oxygens (including phenoxy) is 1. The molecular weight excluding hydrogens is 300 g/mol. The normalized spacial score (nSPS) is 13.2. The molecule has 0 aliphatic carbocycles. The molecule has 20 heavy (non-hydrogen) atoms. The van der Waals surface area contributed by atoms with Gasteiger partial charge in [0.15, 0.2) is 0 Å². The first-order chi connectivity index (χ1) is 9.32. The quantitative estimate of drug-likeness (QED) is 0.694. The molecule has 0 saturated carbocycles. The van der Waals surface area contributed by atoms with Crippen LogP contribution >= 0.6 is 11.6 Å². The van der Waals surface area contributed by atoms with E-state index in [0.717, 1.165) is 0 Å². The van der Waals surface area contributed by atoms with Crippen LogP contribution in [0.4, 0.5) is 0 Å². The van der Waals surface area contributed by atoms with Crippen LogP contribution in [0.3, 0.4) is 0 Å². The number of rotatable bonds is 4. The van der Waals surface area contributed by atoms with Gasteiger partial charge in [-0.3, -0.25) is 0 Å². The number of sulfonamides is 1. The summed E-state index contributed by atoms with van der Waals surface area (Å²) in [5, 5.41) is 5.80. The largest absolute Gasteiger partial charge is 0.484 e. The van der Waals surface area contributed by atoms with Crippen LogP contribution in [-0.4, -0.2) is 19.5 Å². The molecule has 0 aliphatic rings. The average Bonchev–Trinajstić information content (AvgIpc) is 2.37. The smallest absolute Gasteiger partial charge is 0.238 e. The van der Waals surface area contributed by atoms with Crippen LogP contribution in [0, 0.1) is 0 Å². The lowest BCUT2D eigenvalue weighted by molar-refractivity contribution is 0.273. The number of primary sulfonamides is 1. The summed E-state index contributed by atoms with van der Waals surface area (Å²) in [5.74, 6) is 0.419. The number of benzene rings is 1. The second-order valence-corrected chi connectivity index (χ2v) is 6.11. The van der Waals surface area contributed by atoms with Crippen molar-refractivity contribution in [3.8, 4) is 5.75 Å². The second kappa shape index (κ2) is 5.40. The number of aromatic nitrogens is 1. The molecule has 1 aromatic heterocycles. The lowest BCUT2D eigenvalue weighted by Crippen LogP contribution is -2.14. The number of nitrogens with zero attached hydrogens (tertiary/aromatic N) is 1. The Balaban J connectivity index is 2.74. The van der Waals surface area contributed by atoms with Crippen LogP contribution in [0.1, 0.15) is 6.92 Å². The van der Waals surface area contributed by atoms with Gasteiger partial charge in [0, 0.05) is 5.39 Å². The van der Waals surface area contributed by atoms with Crippen LogP contribution < -0.4 is 9.88 Å². The molecule has 1 atom stereocenters. The average molecular weight is 313 g/mol. The summed E-state index contributed by atoms with van der Waals surface area (Å²) in [7, 11) is -3.85. The molecule has 1 heterocycles. The van der Waals surface area contributed by atoms with E-state index in [0.29, 0.717) is 16.7 Å². The Labute approximate surface area is 122 Å². The molecule has 2 rings (SSSR count). The van der Waals surface area contributed by atoms with Crippen LogP contribution in [0.5, 0.6) is 5.75 Å². The fourth-order valence-corrected chi connectivity index (χ4v) is 2.61. The number of pyridine rings is 1. The summed E-state index contributed by atoms with van der Waals surface area (Å²) in [6.07, 6.45) is 1.36. The van der Waals surface area contributed by atoms with E-state index in [2.05, 4.69) is 11.6 Å². The Morgan fingerprint density at radius 2 is 2.10 bits per heavy atom. The molecular formula is C13H13ClN2O3S. The second-order valence-electron chi connectivity index (χ2n) is 4.20. The molecule has 7 heteroatoms. The summed E-state index contributed by atoms with van der Waals surface area (Å²) in [6, 6.07) is 5.94. The molecule has 0 saturated heterocycles. The minimum absolute atomic E-state index is 0.0183. The lowest BCUT2D eigenvalue weighted by atomic mass is 10.2. The fourth-order valence-electron chi connectivity index (χ4n) is 1.73. The third kappa shape index (κ3) is 2.92. The Morgan fingerprint density at radius 3 is 2.70 bits per heavy atom. The number of fused-ring (bicyclic) bond motifs is 1. The fraction of sp³-hybridized carbons (Fsp3) is 0.154. The zero-order chi connectivity index (χ0) is 14.9. The Morgan fingerprint density at radius 1 is 1.40 bits per heavy atom. The van der Waals surface area contributed by atoms with Crippen LogP contribution in [0.2, 0.25) is 5.15 Å². The maximum atomic E-state index is 11.6. The highest BCUT2D eigenvalue weighted by Crippen LogP contribution is 2.31. The summed E-state index contributed by atoms with van der Waals surface area (Å²) in [5.41, 5.74) is 0.345. The topological polar surface area (TPSA) is 82.3 Å². The molecule has 0 radical (unpaired) electrons. The van der Waals surface area contributed by atoms with Crippen molar-refractivity contribution >= 4 is 32.5 Å². The van der Waals surface area contributed by atoms with Crippen molar-refractivity contribution in [2.75, 3.05) is 0 Å². The lowest BCUT2D eigenvalue weighted by Gasteiger charge is -2.14. The predicted molar refractivity (Wildman–Crippen MR) is 78.4 cm³/mol. The van der Waals surface area contributed by atoms with Gasteiger partial charge < -0.3 is 4.74 Å². The first-order valence-electron chi connectivity index (χ1n) is 5.74. The van der Waals surface area contributed by atoms with Gasteiger partial charge >= 0.3 is 0 Å². The molecule has 0 spiro atoms. The third-order valence-corrected chi connectivity index (χ3v) is 3.88. The van der Waals surface area contributed by atoms with Gasteiger partial charge in [-0.2, -0.15) is 0 Å². The molecule has 0 fully saturated rings.